The third-order valence-electron chi connectivity index (χ3n) is 3.08. The Hall–Kier alpha value is -2.61. The summed E-state index contributed by atoms with van der Waals surface area (Å²) in [5.41, 5.74) is 4.33. The molecule has 0 atom stereocenters. The quantitative estimate of drug-likeness (QED) is 0.571. The molecule has 0 aliphatic rings. The molecule has 118 valence electrons. The Labute approximate surface area is 143 Å². The molecular formula is C14H9FIN3O4. The van der Waals surface area contributed by atoms with Crippen molar-refractivity contribution in [3.63, 3.8) is 0 Å². The first kappa shape index (κ1) is 16.8. The number of hydrogen-bond acceptors (Lipinski definition) is 5. The number of carbonyl (C=O) groups is 2. The summed E-state index contributed by atoms with van der Waals surface area (Å²) >= 11 is 1.69. The minimum Gasteiger partial charge on any atom is -0.478 e. The summed E-state index contributed by atoms with van der Waals surface area (Å²) in [4.78, 5) is 23.3. The Bertz CT molecular complexity index is 870. The van der Waals surface area contributed by atoms with E-state index in [-0.39, 0.29) is 26.1 Å². The molecule has 0 spiro atoms. The maximum Gasteiger partial charge on any atom is 0.357 e. The van der Waals surface area contributed by atoms with Crippen LogP contribution in [0, 0.1) is 20.7 Å². The first-order valence-corrected chi connectivity index (χ1v) is 7.12. The molecule has 0 aliphatic carbocycles. The van der Waals surface area contributed by atoms with Crippen LogP contribution in [0.2, 0.25) is 0 Å². The molecule has 1 heterocycles. The van der Waals surface area contributed by atoms with Crippen LogP contribution in [0.1, 0.15) is 26.4 Å². The fraction of sp³-hybridized carbons (Fsp3) is 0.0714. The summed E-state index contributed by atoms with van der Waals surface area (Å²) in [6.07, 6.45) is 1.10. The second kappa shape index (κ2) is 6.25. The monoisotopic (exact) mass is 429 g/mol. The summed E-state index contributed by atoms with van der Waals surface area (Å²) in [7, 11) is 1.09. The number of methoxy groups -OCH3 is 1. The van der Waals surface area contributed by atoms with Gasteiger partial charge in [0.25, 0.3) is 0 Å². The number of rotatable bonds is 3. The third kappa shape index (κ3) is 2.72. The van der Waals surface area contributed by atoms with Gasteiger partial charge in [-0.05, 0) is 34.7 Å². The highest BCUT2D eigenvalue weighted by atomic mass is 127. The van der Waals surface area contributed by atoms with Gasteiger partial charge < -0.3 is 20.1 Å². The van der Waals surface area contributed by atoms with Crippen LogP contribution in [-0.2, 0) is 4.74 Å². The molecule has 2 aromatic rings. The molecule has 0 saturated heterocycles. The summed E-state index contributed by atoms with van der Waals surface area (Å²) in [5.74, 6) is -3.16. The van der Waals surface area contributed by atoms with Crippen molar-refractivity contribution in [2.24, 2.45) is 0 Å². The molecule has 0 amide bonds. The van der Waals surface area contributed by atoms with Crippen LogP contribution in [0.3, 0.4) is 0 Å². The number of esters is 1. The smallest absolute Gasteiger partial charge is 0.357 e. The molecule has 0 bridgehead atoms. The zero-order chi connectivity index (χ0) is 17.3. The Kier molecular flexibility index (Phi) is 4.55. The number of nitrogens with two attached hydrogens (primary N) is 1. The van der Waals surface area contributed by atoms with Gasteiger partial charge in [-0.3, -0.25) is 0 Å². The lowest BCUT2D eigenvalue weighted by Gasteiger charge is -2.13. The number of hydrogen-bond donors (Lipinski definition) is 2. The predicted octanol–water partition coefficient (Wildman–Crippen LogP) is 2.16. The minimum absolute atomic E-state index is 0.0972. The first-order chi connectivity index (χ1) is 10.8. The van der Waals surface area contributed by atoms with Gasteiger partial charge >= 0.3 is 11.9 Å². The molecule has 2 rings (SSSR count). The number of carboxylic acid groups (broad SMARTS) is 1. The van der Waals surface area contributed by atoms with E-state index in [1.54, 1.807) is 28.7 Å². The lowest BCUT2D eigenvalue weighted by molar-refractivity contribution is 0.0590. The van der Waals surface area contributed by atoms with E-state index in [9.17, 15) is 19.1 Å². The van der Waals surface area contributed by atoms with Gasteiger partial charge in [0.15, 0.2) is 11.5 Å². The van der Waals surface area contributed by atoms with E-state index in [4.69, 9.17) is 11.0 Å². The van der Waals surface area contributed by atoms with Crippen LogP contribution < -0.4 is 5.73 Å². The van der Waals surface area contributed by atoms with Gasteiger partial charge in [0.2, 0.25) is 0 Å². The molecule has 0 fully saturated rings. The Balaban J connectivity index is 2.93. The van der Waals surface area contributed by atoms with Crippen molar-refractivity contribution in [2.75, 3.05) is 12.8 Å². The van der Waals surface area contributed by atoms with Gasteiger partial charge in [0.1, 0.15) is 6.07 Å². The van der Waals surface area contributed by atoms with Gasteiger partial charge in [0.05, 0.1) is 33.2 Å². The van der Waals surface area contributed by atoms with Crippen LogP contribution in [0.5, 0.6) is 0 Å². The van der Waals surface area contributed by atoms with Gasteiger partial charge in [-0.1, -0.05) is 0 Å². The number of nitriles is 1. The van der Waals surface area contributed by atoms with Crippen LogP contribution in [-0.4, -0.2) is 28.7 Å². The molecule has 1 aromatic heterocycles. The molecule has 0 aliphatic heterocycles. The Morgan fingerprint density at radius 3 is 2.65 bits per heavy atom. The van der Waals surface area contributed by atoms with Crippen molar-refractivity contribution >= 4 is 40.2 Å². The van der Waals surface area contributed by atoms with Crippen molar-refractivity contribution in [3.05, 3.63) is 44.5 Å². The normalized spacial score (nSPS) is 10.2. The zero-order valence-corrected chi connectivity index (χ0v) is 13.8. The average Bonchev–Trinajstić information content (AvgIpc) is 2.85. The van der Waals surface area contributed by atoms with Crippen LogP contribution in [0.4, 0.5) is 10.1 Å². The Morgan fingerprint density at radius 2 is 2.13 bits per heavy atom. The Morgan fingerprint density at radius 1 is 1.48 bits per heavy atom. The van der Waals surface area contributed by atoms with Crippen molar-refractivity contribution in [1.29, 1.82) is 5.26 Å². The number of nitrogens with zero attached hydrogens (tertiary/aromatic N) is 2. The molecule has 0 unspecified atom stereocenters. The fourth-order valence-electron chi connectivity index (χ4n) is 2.04. The van der Waals surface area contributed by atoms with Gasteiger partial charge in [-0.2, -0.15) is 5.26 Å². The highest BCUT2D eigenvalue weighted by Gasteiger charge is 2.27. The van der Waals surface area contributed by atoms with Crippen molar-refractivity contribution in [2.45, 2.75) is 0 Å². The third-order valence-corrected chi connectivity index (χ3v) is 3.92. The lowest BCUT2D eigenvalue weighted by atomic mass is 10.1. The largest absolute Gasteiger partial charge is 0.478 e. The number of aromatic nitrogens is 1. The second-order valence-electron chi connectivity index (χ2n) is 4.34. The van der Waals surface area contributed by atoms with Crippen molar-refractivity contribution in [3.8, 4) is 11.8 Å². The minimum atomic E-state index is -1.39. The molecule has 3 N–H and O–H groups in total. The van der Waals surface area contributed by atoms with E-state index < -0.39 is 23.4 Å². The van der Waals surface area contributed by atoms with Crippen molar-refractivity contribution < 1.29 is 23.8 Å². The topological polar surface area (TPSA) is 118 Å². The molecule has 7 nitrogen and oxygen atoms in total. The number of aromatic carboxylic acids is 1. The molecule has 0 saturated carbocycles. The molecular weight excluding hydrogens is 420 g/mol. The van der Waals surface area contributed by atoms with E-state index in [0.717, 1.165) is 17.9 Å². The molecule has 23 heavy (non-hydrogen) atoms. The van der Waals surface area contributed by atoms with E-state index in [1.807, 2.05) is 0 Å². The number of halogens is 2. The van der Waals surface area contributed by atoms with Gasteiger partial charge in [-0.15, -0.1) is 0 Å². The standard InChI is InChI=1S/C14H9FIN3O4/c1-23-14(22)12-10(18)6(4-17)5-19(12)11-7(13(20)21)2-3-8(16)9(11)15/h2-3,5H,18H2,1H3,(H,20,21). The lowest BCUT2D eigenvalue weighted by Crippen LogP contribution is -2.15. The number of anilines is 1. The molecule has 9 heteroatoms. The van der Waals surface area contributed by atoms with E-state index in [2.05, 4.69) is 4.74 Å². The van der Waals surface area contributed by atoms with E-state index in [0.29, 0.717) is 0 Å². The van der Waals surface area contributed by atoms with Crippen LogP contribution >= 0.6 is 22.6 Å². The summed E-state index contributed by atoms with van der Waals surface area (Å²) in [6.45, 7) is 0. The predicted molar refractivity (Wildman–Crippen MR) is 85.9 cm³/mol. The molecule has 1 aromatic carbocycles. The second-order valence-corrected chi connectivity index (χ2v) is 5.50. The van der Waals surface area contributed by atoms with Gasteiger partial charge in [0, 0.05) is 6.20 Å². The van der Waals surface area contributed by atoms with E-state index >= 15 is 0 Å². The SMILES string of the molecule is COC(=O)c1c(N)c(C#N)cn1-c1c(C(=O)O)ccc(I)c1F. The summed E-state index contributed by atoms with van der Waals surface area (Å²) in [5, 5.41) is 18.3. The maximum atomic E-state index is 14.5. The average molecular weight is 429 g/mol. The number of carbonyl (C=O) groups excluding carboxylic acids is 1. The highest BCUT2D eigenvalue weighted by Crippen LogP contribution is 2.30. The summed E-state index contributed by atoms with van der Waals surface area (Å²) < 4.78 is 20.2. The number of ether oxygens (including phenoxy) is 1. The number of carboxylic acids is 1. The number of nitrogen functional groups attached to an aromatic ring is 1. The highest BCUT2D eigenvalue weighted by molar-refractivity contribution is 14.1. The van der Waals surface area contributed by atoms with Crippen molar-refractivity contribution in [1.82, 2.24) is 4.57 Å². The zero-order valence-electron chi connectivity index (χ0n) is 11.6. The first-order valence-electron chi connectivity index (χ1n) is 6.04. The van der Waals surface area contributed by atoms with Crippen LogP contribution in [0.15, 0.2) is 18.3 Å². The molecule has 0 radical (unpaired) electrons. The van der Waals surface area contributed by atoms with Gasteiger partial charge in [-0.25, -0.2) is 14.0 Å². The van der Waals surface area contributed by atoms with Crippen LogP contribution in [0.25, 0.3) is 5.69 Å². The summed E-state index contributed by atoms with van der Waals surface area (Å²) in [6, 6.07) is 4.25. The fourth-order valence-corrected chi connectivity index (χ4v) is 2.47. The number of benzene rings is 1. The maximum absolute atomic E-state index is 14.5. The van der Waals surface area contributed by atoms with E-state index in [1.165, 1.54) is 12.1 Å².